The van der Waals surface area contributed by atoms with E-state index in [0.717, 1.165) is 11.4 Å². The van der Waals surface area contributed by atoms with Gasteiger partial charge in [-0.15, -0.1) is 11.3 Å². The molecule has 3 heteroatoms. The number of benzene rings is 2. The molecule has 2 nitrogen and oxygen atoms in total. The summed E-state index contributed by atoms with van der Waals surface area (Å²) in [5.41, 5.74) is 3.82. The summed E-state index contributed by atoms with van der Waals surface area (Å²) in [7, 11) is 0. The summed E-state index contributed by atoms with van der Waals surface area (Å²) in [6, 6.07) is 19.3. The molecule has 1 aromatic heterocycles. The van der Waals surface area contributed by atoms with Crippen LogP contribution in [0.1, 0.15) is 29.1 Å². The standard InChI is InChI=1S/C18H18N2S/c1-14(18-19-11-12-21-18)20-17-10-6-5-9-16(17)13-15-7-3-2-4-8-15/h2-12,14,20H,13H2,1H3. The molecule has 0 aliphatic heterocycles. The van der Waals surface area contributed by atoms with Crippen LogP contribution in [0.2, 0.25) is 0 Å². The number of para-hydroxylation sites is 1. The molecule has 0 fully saturated rings. The predicted molar refractivity (Wildman–Crippen MR) is 89.8 cm³/mol. The van der Waals surface area contributed by atoms with Crippen molar-refractivity contribution < 1.29 is 0 Å². The van der Waals surface area contributed by atoms with Gasteiger partial charge in [0.25, 0.3) is 0 Å². The van der Waals surface area contributed by atoms with Crippen molar-refractivity contribution in [3.8, 4) is 0 Å². The predicted octanol–water partition coefficient (Wildman–Crippen LogP) is 4.91. The Morgan fingerprint density at radius 2 is 1.81 bits per heavy atom. The Balaban J connectivity index is 1.79. The van der Waals surface area contributed by atoms with E-state index in [1.807, 2.05) is 11.6 Å². The first-order chi connectivity index (χ1) is 10.3. The Morgan fingerprint density at radius 1 is 1.05 bits per heavy atom. The van der Waals surface area contributed by atoms with Gasteiger partial charge in [0, 0.05) is 17.3 Å². The van der Waals surface area contributed by atoms with Crippen LogP contribution in [0.5, 0.6) is 0 Å². The van der Waals surface area contributed by atoms with Crippen LogP contribution in [0.3, 0.4) is 0 Å². The minimum atomic E-state index is 0.224. The molecule has 0 radical (unpaired) electrons. The van der Waals surface area contributed by atoms with Crippen molar-refractivity contribution in [3.05, 3.63) is 82.3 Å². The fourth-order valence-corrected chi connectivity index (χ4v) is 3.02. The molecule has 106 valence electrons. The van der Waals surface area contributed by atoms with Crippen LogP contribution in [-0.4, -0.2) is 4.98 Å². The Labute approximate surface area is 129 Å². The largest absolute Gasteiger partial charge is 0.376 e. The van der Waals surface area contributed by atoms with Crippen molar-refractivity contribution in [3.63, 3.8) is 0 Å². The monoisotopic (exact) mass is 294 g/mol. The molecular formula is C18H18N2S. The molecule has 2 aromatic carbocycles. The van der Waals surface area contributed by atoms with E-state index in [4.69, 9.17) is 0 Å². The van der Waals surface area contributed by atoms with Crippen molar-refractivity contribution in [1.82, 2.24) is 4.98 Å². The van der Waals surface area contributed by atoms with Gasteiger partial charge in [0.05, 0.1) is 6.04 Å². The molecule has 3 aromatic rings. The van der Waals surface area contributed by atoms with Crippen molar-refractivity contribution in [2.45, 2.75) is 19.4 Å². The second kappa shape index (κ2) is 6.55. The number of hydrogen-bond donors (Lipinski definition) is 1. The van der Waals surface area contributed by atoms with Gasteiger partial charge in [-0.25, -0.2) is 4.98 Å². The molecule has 0 bridgehead atoms. The van der Waals surface area contributed by atoms with Crippen LogP contribution in [0.25, 0.3) is 0 Å². The van der Waals surface area contributed by atoms with E-state index < -0.39 is 0 Å². The molecule has 1 unspecified atom stereocenters. The van der Waals surface area contributed by atoms with Gasteiger partial charge in [-0.1, -0.05) is 48.5 Å². The number of nitrogens with zero attached hydrogens (tertiary/aromatic N) is 1. The zero-order valence-corrected chi connectivity index (χ0v) is 12.8. The molecule has 3 rings (SSSR count). The molecular weight excluding hydrogens is 276 g/mol. The zero-order valence-electron chi connectivity index (χ0n) is 12.0. The Morgan fingerprint density at radius 3 is 2.57 bits per heavy atom. The lowest BCUT2D eigenvalue weighted by Gasteiger charge is -2.16. The first-order valence-corrected chi connectivity index (χ1v) is 7.98. The fourth-order valence-electron chi connectivity index (χ4n) is 2.37. The van der Waals surface area contributed by atoms with Gasteiger partial charge in [-0.3, -0.25) is 0 Å². The molecule has 0 saturated heterocycles. The van der Waals surface area contributed by atoms with Crippen LogP contribution < -0.4 is 5.32 Å². The van der Waals surface area contributed by atoms with Crippen molar-refractivity contribution >= 4 is 17.0 Å². The maximum Gasteiger partial charge on any atom is 0.115 e. The summed E-state index contributed by atoms with van der Waals surface area (Å²) in [5, 5.41) is 6.71. The second-order valence-electron chi connectivity index (χ2n) is 5.06. The van der Waals surface area contributed by atoms with Crippen LogP contribution >= 0.6 is 11.3 Å². The van der Waals surface area contributed by atoms with Crippen LogP contribution in [-0.2, 0) is 6.42 Å². The smallest absolute Gasteiger partial charge is 0.115 e. The van der Waals surface area contributed by atoms with Gasteiger partial charge in [0.2, 0.25) is 0 Å². The molecule has 0 aliphatic carbocycles. The number of aromatic nitrogens is 1. The maximum absolute atomic E-state index is 4.38. The lowest BCUT2D eigenvalue weighted by atomic mass is 10.0. The zero-order chi connectivity index (χ0) is 14.5. The summed E-state index contributed by atoms with van der Waals surface area (Å²) in [6.45, 7) is 2.15. The Bertz CT molecular complexity index is 677. The van der Waals surface area contributed by atoms with Gasteiger partial charge in [0.15, 0.2) is 0 Å². The van der Waals surface area contributed by atoms with Crippen molar-refractivity contribution in [2.75, 3.05) is 5.32 Å². The number of anilines is 1. The average Bonchev–Trinajstić information content (AvgIpc) is 3.05. The van der Waals surface area contributed by atoms with Gasteiger partial charge in [-0.2, -0.15) is 0 Å². The summed E-state index contributed by atoms with van der Waals surface area (Å²) >= 11 is 1.69. The average molecular weight is 294 g/mol. The molecule has 1 heterocycles. The quantitative estimate of drug-likeness (QED) is 0.723. The van der Waals surface area contributed by atoms with Crippen molar-refractivity contribution in [1.29, 1.82) is 0 Å². The van der Waals surface area contributed by atoms with Gasteiger partial charge < -0.3 is 5.32 Å². The van der Waals surface area contributed by atoms with E-state index in [1.54, 1.807) is 11.3 Å². The fraction of sp³-hybridized carbons (Fsp3) is 0.167. The number of hydrogen-bond acceptors (Lipinski definition) is 3. The molecule has 1 N–H and O–H groups in total. The lowest BCUT2D eigenvalue weighted by molar-refractivity contribution is 0.866. The summed E-state index contributed by atoms with van der Waals surface area (Å²) in [6.07, 6.45) is 2.79. The topological polar surface area (TPSA) is 24.9 Å². The Hall–Kier alpha value is -2.13. The lowest BCUT2D eigenvalue weighted by Crippen LogP contribution is -2.08. The molecule has 0 saturated carbocycles. The summed E-state index contributed by atoms with van der Waals surface area (Å²) in [4.78, 5) is 4.38. The van der Waals surface area contributed by atoms with E-state index in [1.165, 1.54) is 16.8 Å². The SMILES string of the molecule is CC(Nc1ccccc1Cc1ccccc1)c1nccs1. The summed E-state index contributed by atoms with van der Waals surface area (Å²) < 4.78 is 0. The van der Waals surface area contributed by atoms with Gasteiger partial charge in [-0.05, 0) is 30.5 Å². The van der Waals surface area contributed by atoms with Crippen LogP contribution in [0.4, 0.5) is 5.69 Å². The highest BCUT2D eigenvalue weighted by molar-refractivity contribution is 7.09. The van der Waals surface area contributed by atoms with Gasteiger partial charge in [0.1, 0.15) is 5.01 Å². The first kappa shape index (κ1) is 13.8. The van der Waals surface area contributed by atoms with E-state index in [9.17, 15) is 0 Å². The highest BCUT2D eigenvalue weighted by Gasteiger charge is 2.10. The minimum absolute atomic E-state index is 0.224. The van der Waals surface area contributed by atoms with E-state index in [2.05, 4.69) is 71.8 Å². The van der Waals surface area contributed by atoms with Gasteiger partial charge >= 0.3 is 0 Å². The molecule has 0 amide bonds. The first-order valence-electron chi connectivity index (χ1n) is 7.10. The highest BCUT2D eigenvalue weighted by Crippen LogP contribution is 2.25. The third kappa shape index (κ3) is 3.50. The summed E-state index contributed by atoms with van der Waals surface area (Å²) in [5.74, 6) is 0. The van der Waals surface area contributed by atoms with E-state index in [0.29, 0.717) is 0 Å². The third-order valence-corrected chi connectivity index (χ3v) is 4.41. The number of rotatable bonds is 5. The Kier molecular flexibility index (Phi) is 4.31. The number of thiazole rings is 1. The molecule has 1 atom stereocenters. The van der Waals surface area contributed by atoms with Crippen LogP contribution in [0.15, 0.2) is 66.2 Å². The maximum atomic E-state index is 4.38. The minimum Gasteiger partial charge on any atom is -0.376 e. The van der Waals surface area contributed by atoms with E-state index >= 15 is 0 Å². The normalized spacial score (nSPS) is 12.0. The molecule has 0 spiro atoms. The van der Waals surface area contributed by atoms with Crippen molar-refractivity contribution in [2.24, 2.45) is 0 Å². The number of nitrogens with one attached hydrogen (secondary N) is 1. The molecule has 21 heavy (non-hydrogen) atoms. The molecule has 0 aliphatic rings. The third-order valence-electron chi connectivity index (χ3n) is 3.45. The second-order valence-corrected chi connectivity index (χ2v) is 5.98. The highest BCUT2D eigenvalue weighted by atomic mass is 32.1. The van der Waals surface area contributed by atoms with E-state index in [-0.39, 0.29) is 6.04 Å². The van der Waals surface area contributed by atoms with Crippen LogP contribution in [0, 0.1) is 0 Å².